The van der Waals surface area contributed by atoms with E-state index in [9.17, 15) is 0 Å². The van der Waals surface area contributed by atoms with Crippen molar-refractivity contribution in [1.29, 1.82) is 0 Å². The number of hydrogen-bond acceptors (Lipinski definition) is 2. The topological polar surface area (TPSA) is 43.8 Å². The molecule has 1 aromatic heterocycles. The molecule has 0 saturated heterocycles. The highest BCUT2D eigenvalue weighted by atomic mass is 15.3. The van der Waals surface area contributed by atoms with Gasteiger partial charge >= 0.3 is 0 Å². The fourth-order valence-corrected chi connectivity index (χ4v) is 1.68. The molecule has 0 fully saturated rings. The molecule has 0 radical (unpaired) electrons. The summed E-state index contributed by atoms with van der Waals surface area (Å²) >= 11 is 0. The minimum atomic E-state index is 0.825. The molecule has 0 unspecified atom stereocenters. The van der Waals surface area contributed by atoms with Crippen LogP contribution in [0.3, 0.4) is 0 Å². The molecule has 0 bridgehead atoms. The van der Waals surface area contributed by atoms with Crippen molar-refractivity contribution in [3.05, 3.63) is 35.5 Å². The SMILES string of the molecule is Cc1cc(-c2ccc(C)c(N)c2)n(C)n1. The Balaban J connectivity index is 2.54. The van der Waals surface area contributed by atoms with E-state index in [-0.39, 0.29) is 0 Å². The van der Waals surface area contributed by atoms with E-state index >= 15 is 0 Å². The van der Waals surface area contributed by atoms with Gasteiger partial charge in [-0.3, -0.25) is 4.68 Å². The third-order valence-corrected chi connectivity index (χ3v) is 2.58. The van der Waals surface area contributed by atoms with Crippen LogP contribution >= 0.6 is 0 Å². The van der Waals surface area contributed by atoms with Gasteiger partial charge < -0.3 is 5.73 Å². The van der Waals surface area contributed by atoms with Crippen molar-refractivity contribution in [2.75, 3.05) is 5.73 Å². The molecule has 1 heterocycles. The molecule has 0 aliphatic carbocycles. The molecule has 0 amide bonds. The quantitative estimate of drug-likeness (QED) is 0.719. The Kier molecular flexibility index (Phi) is 2.23. The number of hydrogen-bond donors (Lipinski definition) is 1. The smallest absolute Gasteiger partial charge is 0.0682 e. The van der Waals surface area contributed by atoms with E-state index in [2.05, 4.69) is 17.2 Å². The second kappa shape index (κ2) is 3.42. The Hall–Kier alpha value is -1.77. The average Bonchev–Trinajstić information content (AvgIpc) is 2.50. The molecular weight excluding hydrogens is 186 g/mol. The van der Waals surface area contributed by atoms with E-state index in [4.69, 9.17) is 5.73 Å². The Labute approximate surface area is 89.5 Å². The molecule has 2 N–H and O–H groups in total. The van der Waals surface area contributed by atoms with Crippen LogP contribution in [0.4, 0.5) is 5.69 Å². The zero-order valence-electron chi connectivity index (χ0n) is 9.28. The van der Waals surface area contributed by atoms with E-state index in [0.717, 1.165) is 28.2 Å². The molecule has 0 aliphatic rings. The number of nitrogens with two attached hydrogens (primary N) is 1. The summed E-state index contributed by atoms with van der Waals surface area (Å²) in [5.41, 5.74) is 11.0. The molecule has 15 heavy (non-hydrogen) atoms. The first kappa shape index (κ1) is 9.77. The number of anilines is 1. The highest BCUT2D eigenvalue weighted by molar-refractivity contribution is 5.66. The first-order valence-electron chi connectivity index (χ1n) is 4.95. The zero-order valence-corrected chi connectivity index (χ0v) is 9.28. The molecule has 2 aromatic rings. The van der Waals surface area contributed by atoms with Crippen molar-refractivity contribution in [3.8, 4) is 11.3 Å². The van der Waals surface area contributed by atoms with Gasteiger partial charge in [-0.15, -0.1) is 0 Å². The lowest BCUT2D eigenvalue weighted by molar-refractivity contribution is 0.764. The van der Waals surface area contributed by atoms with Crippen molar-refractivity contribution in [2.45, 2.75) is 13.8 Å². The number of nitrogen functional groups attached to an aromatic ring is 1. The highest BCUT2D eigenvalue weighted by Gasteiger charge is 2.05. The first-order valence-corrected chi connectivity index (χ1v) is 4.95. The maximum atomic E-state index is 5.89. The van der Waals surface area contributed by atoms with Gasteiger partial charge in [-0.05, 0) is 31.5 Å². The molecular formula is C12H15N3. The number of aryl methyl sites for hydroxylation is 3. The summed E-state index contributed by atoms with van der Waals surface area (Å²) in [4.78, 5) is 0. The second-order valence-electron chi connectivity index (χ2n) is 3.87. The van der Waals surface area contributed by atoms with Crippen molar-refractivity contribution < 1.29 is 0 Å². The third-order valence-electron chi connectivity index (χ3n) is 2.58. The summed E-state index contributed by atoms with van der Waals surface area (Å²) in [5, 5.41) is 4.32. The maximum absolute atomic E-state index is 5.89. The maximum Gasteiger partial charge on any atom is 0.0682 e. The van der Waals surface area contributed by atoms with Gasteiger partial charge in [0, 0.05) is 18.3 Å². The molecule has 0 saturated carbocycles. The summed E-state index contributed by atoms with van der Waals surface area (Å²) < 4.78 is 1.87. The van der Waals surface area contributed by atoms with Crippen LogP contribution in [0.2, 0.25) is 0 Å². The van der Waals surface area contributed by atoms with Gasteiger partial charge in [-0.2, -0.15) is 5.10 Å². The van der Waals surface area contributed by atoms with Crippen LogP contribution in [-0.2, 0) is 7.05 Å². The standard InChI is InChI=1S/C12H15N3/c1-8-4-5-10(7-11(8)13)12-6-9(2)14-15(12)3/h4-7H,13H2,1-3H3. The van der Waals surface area contributed by atoms with E-state index in [1.54, 1.807) is 0 Å². The molecule has 3 nitrogen and oxygen atoms in total. The van der Waals surface area contributed by atoms with E-state index < -0.39 is 0 Å². The number of aromatic nitrogens is 2. The van der Waals surface area contributed by atoms with Crippen LogP contribution in [-0.4, -0.2) is 9.78 Å². The molecule has 2 rings (SSSR count). The van der Waals surface area contributed by atoms with Crippen molar-refractivity contribution in [2.24, 2.45) is 7.05 Å². The van der Waals surface area contributed by atoms with Crippen LogP contribution in [0.25, 0.3) is 11.3 Å². The fraction of sp³-hybridized carbons (Fsp3) is 0.250. The van der Waals surface area contributed by atoms with Gasteiger partial charge in [0.15, 0.2) is 0 Å². The van der Waals surface area contributed by atoms with Crippen LogP contribution < -0.4 is 5.73 Å². The zero-order chi connectivity index (χ0) is 11.0. The number of benzene rings is 1. The fourth-order valence-electron chi connectivity index (χ4n) is 1.68. The molecule has 78 valence electrons. The lowest BCUT2D eigenvalue weighted by atomic mass is 10.1. The Morgan fingerprint density at radius 2 is 1.93 bits per heavy atom. The molecule has 0 spiro atoms. The van der Waals surface area contributed by atoms with Crippen LogP contribution in [0.5, 0.6) is 0 Å². The minimum absolute atomic E-state index is 0.825. The summed E-state index contributed by atoms with van der Waals surface area (Å²) in [6.45, 7) is 3.99. The summed E-state index contributed by atoms with van der Waals surface area (Å²) in [6, 6.07) is 8.16. The van der Waals surface area contributed by atoms with E-state index in [0.29, 0.717) is 0 Å². The lowest BCUT2D eigenvalue weighted by Gasteiger charge is -2.05. The Morgan fingerprint density at radius 1 is 1.20 bits per heavy atom. The van der Waals surface area contributed by atoms with Gasteiger partial charge in [-0.1, -0.05) is 12.1 Å². The summed E-state index contributed by atoms with van der Waals surface area (Å²) in [7, 11) is 1.94. The Bertz CT molecular complexity index is 498. The van der Waals surface area contributed by atoms with Crippen LogP contribution in [0.15, 0.2) is 24.3 Å². The van der Waals surface area contributed by atoms with Gasteiger partial charge in [0.1, 0.15) is 0 Å². The largest absolute Gasteiger partial charge is 0.398 e. The third kappa shape index (κ3) is 1.73. The van der Waals surface area contributed by atoms with Crippen molar-refractivity contribution in [1.82, 2.24) is 9.78 Å². The van der Waals surface area contributed by atoms with Crippen LogP contribution in [0.1, 0.15) is 11.3 Å². The highest BCUT2D eigenvalue weighted by Crippen LogP contribution is 2.23. The first-order chi connectivity index (χ1) is 7.08. The van der Waals surface area contributed by atoms with Gasteiger partial charge in [-0.25, -0.2) is 0 Å². The molecule has 0 aliphatic heterocycles. The number of rotatable bonds is 1. The predicted octanol–water partition coefficient (Wildman–Crippen LogP) is 2.29. The van der Waals surface area contributed by atoms with Gasteiger partial charge in [0.2, 0.25) is 0 Å². The van der Waals surface area contributed by atoms with E-state index in [1.165, 1.54) is 0 Å². The van der Waals surface area contributed by atoms with E-state index in [1.807, 2.05) is 37.7 Å². The average molecular weight is 201 g/mol. The van der Waals surface area contributed by atoms with Crippen molar-refractivity contribution in [3.63, 3.8) is 0 Å². The van der Waals surface area contributed by atoms with Gasteiger partial charge in [0.25, 0.3) is 0 Å². The molecule has 3 heteroatoms. The Morgan fingerprint density at radius 3 is 2.47 bits per heavy atom. The van der Waals surface area contributed by atoms with Gasteiger partial charge in [0.05, 0.1) is 11.4 Å². The second-order valence-corrected chi connectivity index (χ2v) is 3.87. The molecule has 1 aromatic carbocycles. The molecule has 0 atom stereocenters. The summed E-state index contributed by atoms with van der Waals surface area (Å²) in [5.74, 6) is 0. The lowest BCUT2D eigenvalue weighted by Crippen LogP contribution is -1.95. The number of nitrogens with zero attached hydrogens (tertiary/aromatic N) is 2. The summed E-state index contributed by atoms with van der Waals surface area (Å²) in [6.07, 6.45) is 0. The van der Waals surface area contributed by atoms with Crippen molar-refractivity contribution >= 4 is 5.69 Å². The normalized spacial score (nSPS) is 10.6. The predicted molar refractivity (Wildman–Crippen MR) is 62.5 cm³/mol. The monoisotopic (exact) mass is 201 g/mol. The minimum Gasteiger partial charge on any atom is -0.398 e. The van der Waals surface area contributed by atoms with Crippen LogP contribution in [0, 0.1) is 13.8 Å².